The van der Waals surface area contributed by atoms with Crippen LogP contribution in [0.15, 0.2) is 12.2 Å². The third-order valence-corrected chi connectivity index (χ3v) is 2.16. The fourth-order valence-corrected chi connectivity index (χ4v) is 1.23. The van der Waals surface area contributed by atoms with Crippen LogP contribution in [-0.2, 0) is 19.6 Å². The van der Waals surface area contributed by atoms with E-state index in [0.717, 1.165) is 0 Å². The van der Waals surface area contributed by atoms with Crippen LogP contribution in [0.2, 0.25) is 0 Å². The summed E-state index contributed by atoms with van der Waals surface area (Å²) in [5, 5.41) is 0. The number of unbranched alkanes of at least 4 members (excludes halogenated alkanes) is 1. The van der Waals surface area contributed by atoms with Crippen LogP contribution in [-0.4, -0.2) is 31.3 Å². The molecule has 0 aliphatic rings. The molecular formula is C8H13NaO5S. The number of hydrogen-bond acceptors (Lipinski definition) is 5. The van der Waals surface area contributed by atoms with Crippen molar-refractivity contribution in [1.82, 2.24) is 0 Å². The molecule has 7 heteroatoms. The molecule has 0 amide bonds. The minimum absolute atomic E-state index is 0. The maximum absolute atomic E-state index is 10.8. The Morgan fingerprint density at radius 2 is 1.93 bits per heavy atom. The van der Waals surface area contributed by atoms with Crippen molar-refractivity contribution in [3.05, 3.63) is 12.2 Å². The summed E-state index contributed by atoms with van der Waals surface area (Å²) in [4.78, 5) is 10.8. The van der Waals surface area contributed by atoms with E-state index in [1.54, 1.807) is 0 Å². The van der Waals surface area contributed by atoms with Gasteiger partial charge in [0.1, 0.15) is 0 Å². The van der Waals surface area contributed by atoms with Gasteiger partial charge in [0.2, 0.25) is 0 Å². The number of hydrogen-bond donors (Lipinski definition) is 0. The fraction of sp³-hybridized carbons (Fsp3) is 0.625. The predicted molar refractivity (Wildman–Crippen MR) is 49.6 cm³/mol. The molecule has 0 bridgehead atoms. The molecule has 0 saturated heterocycles. The van der Waals surface area contributed by atoms with Gasteiger partial charge in [-0.15, -0.1) is 0 Å². The van der Waals surface area contributed by atoms with Crippen LogP contribution in [0, 0.1) is 0 Å². The van der Waals surface area contributed by atoms with E-state index in [1.165, 1.54) is 6.92 Å². The average molecular weight is 244 g/mol. The van der Waals surface area contributed by atoms with Crippen molar-refractivity contribution < 1.29 is 52.1 Å². The molecule has 0 heterocycles. The van der Waals surface area contributed by atoms with Crippen LogP contribution in [0.4, 0.5) is 0 Å². The van der Waals surface area contributed by atoms with E-state index in [2.05, 4.69) is 11.3 Å². The number of rotatable bonds is 6. The van der Waals surface area contributed by atoms with Gasteiger partial charge in [0.05, 0.1) is 16.7 Å². The zero-order chi connectivity index (χ0) is 11.2. The van der Waals surface area contributed by atoms with Crippen molar-refractivity contribution in [3.8, 4) is 0 Å². The zero-order valence-electron chi connectivity index (χ0n) is 8.99. The molecular weight excluding hydrogens is 231 g/mol. The molecule has 5 nitrogen and oxygen atoms in total. The topological polar surface area (TPSA) is 83.5 Å². The van der Waals surface area contributed by atoms with Gasteiger partial charge in [-0.05, 0) is 19.8 Å². The Labute approximate surface area is 112 Å². The van der Waals surface area contributed by atoms with E-state index in [0.29, 0.717) is 12.0 Å². The number of carbonyl (C=O) groups is 1. The Morgan fingerprint density at radius 3 is 2.33 bits per heavy atom. The van der Waals surface area contributed by atoms with E-state index < -0.39 is 21.8 Å². The second-order valence-corrected chi connectivity index (χ2v) is 4.41. The Balaban J connectivity index is 0. The van der Waals surface area contributed by atoms with Gasteiger partial charge < -0.3 is 9.29 Å². The van der Waals surface area contributed by atoms with Crippen molar-refractivity contribution in [2.24, 2.45) is 0 Å². The van der Waals surface area contributed by atoms with Gasteiger partial charge in [-0.2, -0.15) is 0 Å². The second kappa shape index (κ2) is 8.29. The average Bonchev–Trinajstić information content (AvgIpc) is 2.01. The van der Waals surface area contributed by atoms with Gasteiger partial charge in [0.15, 0.2) is 0 Å². The summed E-state index contributed by atoms with van der Waals surface area (Å²) in [6, 6.07) is 0. The SMILES string of the molecule is C=C(C)C(=O)OCCCCS(=O)(=O)[O-].[Na+]. The van der Waals surface area contributed by atoms with Gasteiger partial charge in [-0.25, -0.2) is 13.2 Å². The van der Waals surface area contributed by atoms with E-state index >= 15 is 0 Å². The summed E-state index contributed by atoms with van der Waals surface area (Å²) in [5.41, 5.74) is 0.293. The Kier molecular flexibility index (Phi) is 9.68. The molecule has 0 spiro atoms. The van der Waals surface area contributed by atoms with Crippen molar-refractivity contribution in [2.45, 2.75) is 19.8 Å². The minimum Gasteiger partial charge on any atom is -0.748 e. The zero-order valence-corrected chi connectivity index (χ0v) is 11.8. The molecule has 0 fully saturated rings. The molecule has 0 aromatic rings. The summed E-state index contributed by atoms with van der Waals surface area (Å²) in [7, 11) is -4.15. The van der Waals surface area contributed by atoms with Gasteiger partial charge in [-0.3, -0.25) is 0 Å². The fourth-order valence-electron chi connectivity index (χ4n) is 0.669. The van der Waals surface area contributed by atoms with Gasteiger partial charge >= 0.3 is 35.5 Å². The molecule has 15 heavy (non-hydrogen) atoms. The molecule has 0 aliphatic carbocycles. The maximum atomic E-state index is 10.8. The Morgan fingerprint density at radius 1 is 1.40 bits per heavy atom. The predicted octanol–water partition coefficient (Wildman–Crippen LogP) is -2.56. The van der Waals surface area contributed by atoms with Crippen LogP contribution in [0.3, 0.4) is 0 Å². The molecule has 0 aliphatic heterocycles. The summed E-state index contributed by atoms with van der Waals surface area (Å²) in [6.45, 7) is 5.00. The molecule has 0 aromatic carbocycles. The van der Waals surface area contributed by atoms with E-state index in [-0.39, 0.29) is 42.6 Å². The maximum Gasteiger partial charge on any atom is 1.00 e. The summed E-state index contributed by atoms with van der Waals surface area (Å²) >= 11 is 0. The summed E-state index contributed by atoms with van der Waals surface area (Å²) < 4.78 is 35.2. The van der Waals surface area contributed by atoms with Crippen molar-refractivity contribution in [1.29, 1.82) is 0 Å². The first-order valence-corrected chi connectivity index (χ1v) is 5.67. The largest absolute Gasteiger partial charge is 1.00 e. The number of ether oxygens (including phenoxy) is 1. The number of esters is 1. The molecule has 0 rings (SSSR count). The molecule has 0 aromatic heterocycles. The molecule has 82 valence electrons. The van der Waals surface area contributed by atoms with Gasteiger partial charge in [0, 0.05) is 11.3 Å². The van der Waals surface area contributed by atoms with Crippen LogP contribution in [0.5, 0.6) is 0 Å². The standard InChI is InChI=1S/C8H14O5S.Na/c1-7(2)8(9)13-5-3-4-6-14(10,11)12;/h1,3-6H2,2H3,(H,10,11,12);/q;+1/p-1. The molecule has 0 atom stereocenters. The first-order valence-electron chi connectivity index (χ1n) is 4.09. The normalized spacial score (nSPS) is 10.3. The molecule has 0 unspecified atom stereocenters. The third kappa shape index (κ3) is 12.0. The summed E-state index contributed by atoms with van der Waals surface area (Å²) in [5.74, 6) is -0.924. The first-order chi connectivity index (χ1) is 6.33. The van der Waals surface area contributed by atoms with Crippen molar-refractivity contribution in [3.63, 3.8) is 0 Å². The number of carbonyl (C=O) groups excluding carboxylic acids is 1. The molecule has 0 N–H and O–H groups in total. The quantitative estimate of drug-likeness (QED) is 0.169. The van der Waals surface area contributed by atoms with Crippen LogP contribution in [0.1, 0.15) is 19.8 Å². The minimum atomic E-state index is -4.15. The second-order valence-electron chi connectivity index (χ2n) is 2.89. The van der Waals surface area contributed by atoms with Crippen LogP contribution >= 0.6 is 0 Å². The first kappa shape index (κ1) is 17.5. The molecule has 0 saturated carbocycles. The van der Waals surface area contributed by atoms with E-state index in [9.17, 15) is 17.8 Å². The third-order valence-electron chi connectivity index (χ3n) is 1.37. The monoisotopic (exact) mass is 244 g/mol. The van der Waals surface area contributed by atoms with Crippen LogP contribution < -0.4 is 29.6 Å². The van der Waals surface area contributed by atoms with Crippen molar-refractivity contribution in [2.75, 3.05) is 12.4 Å². The van der Waals surface area contributed by atoms with Crippen LogP contribution in [0.25, 0.3) is 0 Å². The summed E-state index contributed by atoms with van der Waals surface area (Å²) in [6.07, 6.45) is 0.565. The molecule has 0 radical (unpaired) electrons. The van der Waals surface area contributed by atoms with Crippen molar-refractivity contribution >= 4 is 16.1 Å². The van der Waals surface area contributed by atoms with E-state index in [4.69, 9.17) is 0 Å². The smallest absolute Gasteiger partial charge is 0.748 e. The van der Waals surface area contributed by atoms with E-state index in [1.807, 2.05) is 0 Å². The Bertz CT molecular complexity index is 309. The van der Waals surface area contributed by atoms with Gasteiger partial charge in [0.25, 0.3) is 0 Å². The van der Waals surface area contributed by atoms with Gasteiger partial charge in [-0.1, -0.05) is 6.58 Å². The Hall–Kier alpha value is 0.120.